The van der Waals surface area contributed by atoms with Gasteiger partial charge < -0.3 is 9.88 Å². The van der Waals surface area contributed by atoms with Gasteiger partial charge in [-0.25, -0.2) is 0 Å². The summed E-state index contributed by atoms with van der Waals surface area (Å²) in [7, 11) is 2.01. The highest BCUT2D eigenvalue weighted by Gasteiger charge is 2.05. The van der Waals surface area contributed by atoms with Gasteiger partial charge in [-0.3, -0.25) is 0 Å². The van der Waals surface area contributed by atoms with Gasteiger partial charge in [0.1, 0.15) is 0 Å². The predicted octanol–water partition coefficient (Wildman–Crippen LogP) is 4.48. The lowest BCUT2D eigenvalue weighted by atomic mass is 10.2. The summed E-state index contributed by atoms with van der Waals surface area (Å²) in [5.74, 6) is 0. The van der Waals surface area contributed by atoms with Gasteiger partial charge in [-0.1, -0.05) is 24.3 Å². The van der Waals surface area contributed by atoms with E-state index in [2.05, 4.69) is 69.2 Å². The number of benzene rings is 1. The molecule has 0 saturated carbocycles. The Bertz CT molecular complexity index is 723. The van der Waals surface area contributed by atoms with Crippen molar-refractivity contribution >= 4 is 34.4 Å². The molecule has 0 bridgehead atoms. The summed E-state index contributed by atoms with van der Waals surface area (Å²) in [4.78, 5) is 0. The Morgan fingerprint density at radius 1 is 1.19 bits per heavy atom. The Morgan fingerprint density at radius 3 is 2.90 bits per heavy atom. The van der Waals surface area contributed by atoms with Crippen molar-refractivity contribution in [3.05, 3.63) is 58.4 Å². The van der Waals surface area contributed by atoms with Gasteiger partial charge in [-0.05, 0) is 60.6 Å². The molecule has 2 nitrogen and oxygen atoms in total. The molecule has 1 N–H and O–H groups in total. The van der Waals surface area contributed by atoms with Crippen molar-refractivity contribution in [1.29, 1.82) is 0 Å². The molecule has 0 atom stereocenters. The third kappa shape index (κ3) is 3.26. The molecule has 0 saturated heterocycles. The first-order valence-corrected chi connectivity index (χ1v) is 8.26. The third-order valence-corrected chi connectivity index (χ3v) is 4.34. The zero-order chi connectivity index (χ0) is 14.5. The van der Waals surface area contributed by atoms with E-state index in [-0.39, 0.29) is 0 Å². The normalized spacial score (nSPS) is 11.7. The number of para-hydroxylation sites is 1. The van der Waals surface area contributed by atoms with E-state index in [0.29, 0.717) is 0 Å². The molecule has 21 heavy (non-hydrogen) atoms. The van der Waals surface area contributed by atoms with Gasteiger partial charge in [0.25, 0.3) is 0 Å². The van der Waals surface area contributed by atoms with Crippen LogP contribution in [-0.4, -0.2) is 18.2 Å². The number of hydrogen-bond acceptors (Lipinski definition) is 2. The van der Waals surface area contributed by atoms with E-state index < -0.39 is 0 Å². The summed E-state index contributed by atoms with van der Waals surface area (Å²) in [6.45, 7) is 2.08. The van der Waals surface area contributed by atoms with Gasteiger partial charge in [0, 0.05) is 23.1 Å². The van der Waals surface area contributed by atoms with Crippen molar-refractivity contribution in [2.45, 2.75) is 13.0 Å². The van der Waals surface area contributed by atoms with Gasteiger partial charge in [0.2, 0.25) is 0 Å². The standard InChI is InChI=1S/C18H20N2S/c1-19-10-4-11-20-17(8-7-15-9-12-21-14-15)13-16-5-2-3-6-18(16)20/h2-3,5-9,12-14,19H,4,10-11H2,1H3/b8-7+. The molecule has 0 aliphatic heterocycles. The van der Waals surface area contributed by atoms with Crippen LogP contribution in [0.1, 0.15) is 17.7 Å². The van der Waals surface area contributed by atoms with Gasteiger partial charge in [0.15, 0.2) is 0 Å². The molecule has 108 valence electrons. The molecule has 0 aliphatic rings. The fourth-order valence-electron chi connectivity index (χ4n) is 2.58. The van der Waals surface area contributed by atoms with E-state index in [4.69, 9.17) is 0 Å². The van der Waals surface area contributed by atoms with E-state index in [1.54, 1.807) is 11.3 Å². The minimum absolute atomic E-state index is 1.04. The molecule has 2 heterocycles. The van der Waals surface area contributed by atoms with Crippen LogP contribution in [0, 0.1) is 0 Å². The van der Waals surface area contributed by atoms with E-state index in [9.17, 15) is 0 Å². The summed E-state index contributed by atoms with van der Waals surface area (Å²) in [6, 6.07) is 13.0. The lowest BCUT2D eigenvalue weighted by Crippen LogP contribution is -2.11. The average Bonchev–Trinajstić information content (AvgIpc) is 3.13. The lowest BCUT2D eigenvalue weighted by molar-refractivity contribution is 0.625. The number of aryl methyl sites for hydroxylation is 1. The predicted molar refractivity (Wildman–Crippen MR) is 93.7 cm³/mol. The number of rotatable bonds is 6. The van der Waals surface area contributed by atoms with E-state index in [1.165, 1.54) is 22.2 Å². The minimum atomic E-state index is 1.04. The first-order chi connectivity index (χ1) is 10.4. The van der Waals surface area contributed by atoms with Crippen molar-refractivity contribution in [1.82, 2.24) is 9.88 Å². The largest absolute Gasteiger partial charge is 0.341 e. The molecule has 3 aromatic rings. The van der Waals surface area contributed by atoms with Crippen molar-refractivity contribution in [3.63, 3.8) is 0 Å². The van der Waals surface area contributed by atoms with Crippen molar-refractivity contribution < 1.29 is 0 Å². The van der Waals surface area contributed by atoms with Crippen molar-refractivity contribution in [2.75, 3.05) is 13.6 Å². The second-order valence-corrected chi connectivity index (χ2v) is 5.91. The van der Waals surface area contributed by atoms with Crippen LogP contribution in [0.5, 0.6) is 0 Å². The second kappa shape index (κ2) is 6.74. The lowest BCUT2D eigenvalue weighted by Gasteiger charge is -2.08. The zero-order valence-corrected chi connectivity index (χ0v) is 13.1. The Hall–Kier alpha value is -1.84. The first kappa shape index (κ1) is 14.1. The monoisotopic (exact) mass is 296 g/mol. The SMILES string of the molecule is CNCCCn1c(/C=C/c2ccsc2)cc2ccccc21. The maximum Gasteiger partial charge on any atom is 0.0485 e. The molecular formula is C18H20N2S. The molecule has 3 heteroatoms. The highest BCUT2D eigenvalue weighted by Crippen LogP contribution is 2.22. The smallest absolute Gasteiger partial charge is 0.0485 e. The van der Waals surface area contributed by atoms with E-state index in [0.717, 1.165) is 19.5 Å². The fraction of sp³-hybridized carbons (Fsp3) is 0.222. The third-order valence-electron chi connectivity index (χ3n) is 3.64. The number of nitrogens with one attached hydrogen (secondary N) is 1. The quantitative estimate of drug-likeness (QED) is 0.664. The molecule has 0 radical (unpaired) electrons. The molecule has 1 aromatic carbocycles. The zero-order valence-electron chi connectivity index (χ0n) is 12.3. The van der Waals surface area contributed by atoms with Gasteiger partial charge in [-0.15, -0.1) is 0 Å². The highest BCUT2D eigenvalue weighted by molar-refractivity contribution is 7.08. The van der Waals surface area contributed by atoms with Crippen LogP contribution in [0.15, 0.2) is 47.2 Å². The molecule has 3 rings (SSSR count). The van der Waals surface area contributed by atoms with Crippen LogP contribution >= 0.6 is 11.3 Å². The Balaban J connectivity index is 1.93. The summed E-state index contributed by atoms with van der Waals surface area (Å²) >= 11 is 1.73. The number of aromatic nitrogens is 1. The summed E-state index contributed by atoms with van der Waals surface area (Å²) < 4.78 is 2.41. The molecular weight excluding hydrogens is 276 g/mol. The van der Waals surface area contributed by atoms with Crippen molar-refractivity contribution in [2.24, 2.45) is 0 Å². The maximum atomic E-state index is 3.22. The van der Waals surface area contributed by atoms with E-state index >= 15 is 0 Å². The van der Waals surface area contributed by atoms with Gasteiger partial charge in [-0.2, -0.15) is 11.3 Å². The molecule has 0 unspecified atom stereocenters. The fourth-order valence-corrected chi connectivity index (χ4v) is 3.21. The number of nitrogens with zero attached hydrogens (tertiary/aromatic N) is 1. The molecule has 0 fully saturated rings. The van der Waals surface area contributed by atoms with Crippen molar-refractivity contribution in [3.8, 4) is 0 Å². The number of fused-ring (bicyclic) bond motifs is 1. The van der Waals surface area contributed by atoms with Gasteiger partial charge >= 0.3 is 0 Å². The number of thiophene rings is 1. The summed E-state index contributed by atoms with van der Waals surface area (Å²) in [5, 5.41) is 8.82. The van der Waals surface area contributed by atoms with Crippen LogP contribution in [0.2, 0.25) is 0 Å². The number of hydrogen-bond donors (Lipinski definition) is 1. The molecule has 2 aromatic heterocycles. The molecule has 0 amide bonds. The van der Waals surface area contributed by atoms with E-state index in [1.807, 2.05) is 7.05 Å². The Kier molecular flexibility index (Phi) is 4.53. The minimum Gasteiger partial charge on any atom is -0.341 e. The summed E-state index contributed by atoms with van der Waals surface area (Å²) in [5.41, 5.74) is 3.86. The van der Waals surface area contributed by atoms with Gasteiger partial charge in [0.05, 0.1) is 0 Å². The molecule has 0 spiro atoms. The molecule has 0 aliphatic carbocycles. The average molecular weight is 296 g/mol. The Labute approximate surface area is 129 Å². The summed E-state index contributed by atoms with van der Waals surface area (Å²) in [6.07, 6.45) is 5.55. The van der Waals surface area contributed by atoms with Crippen LogP contribution in [-0.2, 0) is 6.54 Å². The van der Waals surface area contributed by atoms with Crippen LogP contribution in [0.3, 0.4) is 0 Å². The maximum absolute atomic E-state index is 3.22. The Morgan fingerprint density at radius 2 is 2.10 bits per heavy atom. The van der Waals surface area contributed by atoms with Crippen LogP contribution < -0.4 is 5.32 Å². The first-order valence-electron chi connectivity index (χ1n) is 7.31. The highest BCUT2D eigenvalue weighted by atomic mass is 32.1. The van der Waals surface area contributed by atoms with Crippen LogP contribution in [0.25, 0.3) is 23.1 Å². The topological polar surface area (TPSA) is 17.0 Å². The second-order valence-electron chi connectivity index (χ2n) is 5.13. The van der Waals surface area contributed by atoms with Crippen LogP contribution in [0.4, 0.5) is 0 Å².